The number of furan rings is 1. The van der Waals surface area contributed by atoms with E-state index in [0.29, 0.717) is 18.5 Å². The maximum absolute atomic E-state index is 12.3. The zero-order valence-electron chi connectivity index (χ0n) is 15.6. The molecule has 0 bridgehead atoms. The van der Waals surface area contributed by atoms with Crippen LogP contribution < -0.4 is 10.6 Å². The van der Waals surface area contributed by atoms with Crippen molar-refractivity contribution in [2.45, 2.75) is 32.9 Å². The molecular formula is C18H30N4O3. The van der Waals surface area contributed by atoms with E-state index in [4.69, 9.17) is 4.42 Å². The molecular weight excluding hydrogens is 320 g/mol. The number of likely N-dealkylation sites (N-methyl/N-ethyl adjacent to an activating group) is 1. The van der Waals surface area contributed by atoms with Gasteiger partial charge in [-0.25, -0.2) is 0 Å². The quantitative estimate of drug-likeness (QED) is 0.760. The minimum atomic E-state index is -0.613. The summed E-state index contributed by atoms with van der Waals surface area (Å²) in [6.45, 7) is 10.7. The lowest BCUT2D eigenvalue weighted by Crippen LogP contribution is -2.55. The van der Waals surface area contributed by atoms with Crippen LogP contribution in [0, 0.1) is 5.92 Å². The Balaban J connectivity index is 1.82. The van der Waals surface area contributed by atoms with Gasteiger partial charge in [0.2, 0.25) is 5.91 Å². The van der Waals surface area contributed by atoms with Gasteiger partial charge < -0.3 is 20.0 Å². The molecule has 0 aliphatic carbocycles. The molecule has 2 amide bonds. The number of piperazine rings is 1. The first-order valence-corrected chi connectivity index (χ1v) is 8.93. The Morgan fingerprint density at radius 2 is 1.88 bits per heavy atom. The van der Waals surface area contributed by atoms with Crippen molar-refractivity contribution in [3.63, 3.8) is 0 Å². The third-order valence-electron chi connectivity index (χ3n) is 4.75. The number of carbonyl (C=O) groups excluding carboxylic acids is 2. The Morgan fingerprint density at radius 3 is 2.44 bits per heavy atom. The van der Waals surface area contributed by atoms with Gasteiger partial charge >= 0.3 is 0 Å². The van der Waals surface area contributed by atoms with Crippen LogP contribution in [0.1, 0.15) is 31.3 Å². The summed E-state index contributed by atoms with van der Waals surface area (Å²) < 4.78 is 5.04. The third-order valence-corrected chi connectivity index (χ3v) is 4.75. The zero-order chi connectivity index (χ0) is 18.4. The van der Waals surface area contributed by atoms with Crippen LogP contribution in [-0.2, 0) is 4.79 Å². The lowest BCUT2D eigenvalue weighted by atomic mass is 10.0. The van der Waals surface area contributed by atoms with Gasteiger partial charge in [0.1, 0.15) is 6.04 Å². The van der Waals surface area contributed by atoms with Crippen molar-refractivity contribution in [1.29, 1.82) is 0 Å². The van der Waals surface area contributed by atoms with Crippen molar-refractivity contribution in [2.75, 3.05) is 39.8 Å². The summed E-state index contributed by atoms with van der Waals surface area (Å²) in [4.78, 5) is 29.0. The van der Waals surface area contributed by atoms with Gasteiger partial charge in [-0.05, 0) is 32.0 Å². The lowest BCUT2D eigenvalue weighted by molar-refractivity contribution is -0.123. The molecule has 7 heteroatoms. The molecule has 1 aromatic heterocycles. The Bertz CT molecular complexity index is 551. The summed E-state index contributed by atoms with van der Waals surface area (Å²) in [5.41, 5.74) is 0. The Labute approximate surface area is 149 Å². The molecule has 0 radical (unpaired) electrons. The third kappa shape index (κ3) is 5.57. The Morgan fingerprint density at radius 1 is 1.20 bits per heavy atom. The molecule has 2 unspecified atom stereocenters. The van der Waals surface area contributed by atoms with Gasteiger partial charge in [-0.2, -0.15) is 0 Å². The van der Waals surface area contributed by atoms with E-state index in [1.165, 1.54) is 6.26 Å². The Hall–Kier alpha value is -1.86. The fourth-order valence-corrected chi connectivity index (χ4v) is 3.04. The van der Waals surface area contributed by atoms with Crippen molar-refractivity contribution < 1.29 is 14.0 Å². The van der Waals surface area contributed by atoms with E-state index in [1.807, 2.05) is 0 Å². The maximum Gasteiger partial charge on any atom is 0.287 e. The first-order chi connectivity index (χ1) is 11.9. The number of hydrogen-bond donors (Lipinski definition) is 2. The van der Waals surface area contributed by atoms with Crippen molar-refractivity contribution >= 4 is 11.8 Å². The second kappa shape index (κ2) is 9.01. The SMILES string of the molecule is CC(NC(=O)c1ccco1)C(=O)NCC(C(C)C)N1CCN(C)CC1. The van der Waals surface area contributed by atoms with Crippen LogP contribution in [-0.4, -0.2) is 73.5 Å². The highest BCUT2D eigenvalue weighted by Crippen LogP contribution is 2.13. The van der Waals surface area contributed by atoms with Crippen molar-refractivity contribution in [3.8, 4) is 0 Å². The first-order valence-electron chi connectivity index (χ1n) is 8.93. The van der Waals surface area contributed by atoms with E-state index in [2.05, 4.69) is 41.3 Å². The molecule has 1 aliphatic rings. The molecule has 1 fully saturated rings. The van der Waals surface area contributed by atoms with E-state index < -0.39 is 6.04 Å². The van der Waals surface area contributed by atoms with Gasteiger partial charge in [0, 0.05) is 38.8 Å². The molecule has 2 N–H and O–H groups in total. The molecule has 0 saturated carbocycles. The van der Waals surface area contributed by atoms with Crippen LogP contribution in [0.4, 0.5) is 0 Å². The first kappa shape index (κ1) is 19.5. The molecule has 2 atom stereocenters. The highest BCUT2D eigenvalue weighted by molar-refractivity contribution is 5.95. The van der Waals surface area contributed by atoms with Crippen LogP contribution in [0.25, 0.3) is 0 Å². The molecule has 1 saturated heterocycles. The number of nitrogens with one attached hydrogen (secondary N) is 2. The lowest BCUT2D eigenvalue weighted by Gasteiger charge is -2.40. The molecule has 1 aliphatic heterocycles. The summed E-state index contributed by atoms with van der Waals surface area (Å²) in [6, 6.07) is 2.90. The van der Waals surface area contributed by atoms with E-state index in [1.54, 1.807) is 19.1 Å². The average Bonchev–Trinajstić information content (AvgIpc) is 3.10. The molecule has 2 heterocycles. The minimum Gasteiger partial charge on any atom is -0.459 e. The molecule has 7 nitrogen and oxygen atoms in total. The minimum absolute atomic E-state index is 0.181. The summed E-state index contributed by atoms with van der Waals surface area (Å²) in [7, 11) is 2.13. The topological polar surface area (TPSA) is 77.8 Å². The highest BCUT2D eigenvalue weighted by Gasteiger charge is 2.26. The average molecular weight is 350 g/mol. The predicted octanol–water partition coefficient (Wildman–Crippen LogP) is 0.786. The van der Waals surface area contributed by atoms with Gasteiger partial charge in [0.25, 0.3) is 5.91 Å². The number of nitrogens with zero attached hydrogens (tertiary/aromatic N) is 2. The van der Waals surface area contributed by atoms with Gasteiger partial charge in [-0.1, -0.05) is 13.8 Å². The number of carbonyl (C=O) groups is 2. The van der Waals surface area contributed by atoms with E-state index >= 15 is 0 Å². The summed E-state index contributed by atoms with van der Waals surface area (Å²) >= 11 is 0. The van der Waals surface area contributed by atoms with Gasteiger partial charge in [-0.3, -0.25) is 14.5 Å². The number of amides is 2. The second-order valence-electron chi connectivity index (χ2n) is 7.07. The van der Waals surface area contributed by atoms with E-state index in [0.717, 1.165) is 26.2 Å². The Kier molecular flexibility index (Phi) is 7.01. The number of hydrogen-bond acceptors (Lipinski definition) is 5. The molecule has 2 rings (SSSR count). The zero-order valence-corrected chi connectivity index (χ0v) is 15.6. The molecule has 25 heavy (non-hydrogen) atoms. The fraction of sp³-hybridized carbons (Fsp3) is 0.667. The predicted molar refractivity (Wildman–Crippen MR) is 96.3 cm³/mol. The summed E-state index contributed by atoms with van der Waals surface area (Å²) in [5, 5.41) is 5.64. The second-order valence-corrected chi connectivity index (χ2v) is 7.07. The van der Waals surface area contributed by atoms with Crippen LogP contribution in [0.15, 0.2) is 22.8 Å². The van der Waals surface area contributed by atoms with Crippen LogP contribution >= 0.6 is 0 Å². The van der Waals surface area contributed by atoms with Crippen LogP contribution in [0.5, 0.6) is 0 Å². The number of rotatable bonds is 7. The van der Waals surface area contributed by atoms with Crippen molar-refractivity contribution in [3.05, 3.63) is 24.2 Å². The molecule has 1 aromatic rings. The fourth-order valence-electron chi connectivity index (χ4n) is 3.04. The standard InChI is InChI=1S/C18H30N4O3/c1-13(2)15(22-9-7-21(4)8-10-22)12-19-17(23)14(3)20-18(24)16-6-5-11-25-16/h5-6,11,13-15H,7-10,12H2,1-4H3,(H,19,23)(H,20,24). The molecule has 140 valence electrons. The highest BCUT2D eigenvalue weighted by atomic mass is 16.3. The summed E-state index contributed by atoms with van der Waals surface area (Å²) in [6.07, 6.45) is 1.43. The largest absolute Gasteiger partial charge is 0.459 e. The smallest absolute Gasteiger partial charge is 0.287 e. The van der Waals surface area contributed by atoms with Crippen LogP contribution in [0.2, 0.25) is 0 Å². The van der Waals surface area contributed by atoms with Crippen molar-refractivity contribution in [2.24, 2.45) is 5.92 Å². The van der Waals surface area contributed by atoms with Crippen molar-refractivity contribution in [1.82, 2.24) is 20.4 Å². The monoisotopic (exact) mass is 350 g/mol. The normalized spacial score (nSPS) is 18.8. The van der Waals surface area contributed by atoms with Gasteiger partial charge in [0.05, 0.1) is 6.26 Å². The van der Waals surface area contributed by atoms with E-state index in [9.17, 15) is 9.59 Å². The maximum atomic E-state index is 12.3. The molecule has 0 spiro atoms. The van der Waals surface area contributed by atoms with Crippen LogP contribution in [0.3, 0.4) is 0 Å². The molecule has 0 aromatic carbocycles. The summed E-state index contributed by atoms with van der Waals surface area (Å²) in [5.74, 6) is 0.0840. The van der Waals surface area contributed by atoms with Gasteiger partial charge in [0.15, 0.2) is 5.76 Å². The van der Waals surface area contributed by atoms with E-state index in [-0.39, 0.29) is 17.6 Å². The van der Waals surface area contributed by atoms with Gasteiger partial charge in [-0.15, -0.1) is 0 Å².